The van der Waals surface area contributed by atoms with Crippen LogP contribution in [0.15, 0.2) is 60.7 Å². The molecule has 2 aromatic carbocycles. The first kappa shape index (κ1) is 19.3. The van der Waals surface area contributed by atoms with Crippen LogP contribution in [-0.4, -0.2) is 25.4 Å². The van der Waals surface area contributed by atoms with Crippen LogP contribution in [-0.2, 0) is 9.47 Å². The van der Waals surface area contributed by atoms with E-state index < -0.39 is 24.3 Å². The van der Waals surface area contributed by atoms with E-state index in [1.165, 1.54) is 0 Å². The van der Waals surface area contributed by atoms with Gasteiger partial charge < -0.3 is 20.1 Å². The Hall–Kier alpha value is -3.02. The van der Waals surface area contributed by atoms with E-state index in [2.05, 4.69) is 10.6 Å². The maximum absolute atomic E-state index is 12.1. The molecule has 2 aromatic rings. The molecule has 0 radical (unpaired) electrons. The van der Waals surface area contributed by atoms with Crippen molar-refractivity contribution in [3.05, 3.63) is 71.8 Å². The fraction of sp³-hybridized carbons (Fsp3) is 0.300. The monoisotopic (exact) mass is 356 g/mol. The van der Waals surface area contributed by atoms with Crippen LogP contribution in [0.25, 0.3) is 0 Å². The summed E-state index contributed by atoms with van der Waals surface area (Å²) in [5, 5.41) is 5.70. The van der Waals surface area contributed by atoms with Crippen molar-refractivity contribution in [1.82, 2.24) is 10.6 Å². The van der Waals surface area contributed by atoms with Crippen LogP contribution in [0.2, 0.25) is 0 Å². The SMILES string of the molecule is CCOC(=O)N[C@@H](c1ccccc1)[C@@H](NC(=O)OCC)c1ccccc1. The van der Waals surface area contributed by atoms with Gasteiger partial charge in [-0.2, -0.15) is 0 Å². The zero-order valence-corrected chi connectivity index (χ0v) is 15.0. The number of alkyl carbamates (subject to hydrolysis) is 2. The van der Waals surface area contributed by atoms with E-state index in [4.69, 9.17) is 9.47 Å². The molecular weight excluding hydrogens is 332 g/mol. The lowest BCUT2D eigenvalue weighted by Crippen LogP contribution is -2.41. The Morgan fingerprint density at radius 1 is 0.731 bits per heavy atom. The predicted octanol–water partition coefficient (Wildman–Crippen LogP) is 3.96. The predicted molar refractivity (Wildman–Crippen MR) is 98.7 cm³/mol. The second-order valence-electron chi connectivity index (χ2n) is 5.51. The molecule has 0 aliphatic rings. The summed E-state index contributed by atoms with van der Waals surface area (Å²) < 4.78 is 10.1. The average molecular weight is 356 g/mol. The maximum atomic E-state index is 12.1. The van der Waals surface area contributed by atoms with E-state index in [-0.39, 0.29) is 13.2 Å². The van der Waals surface area contributed by atoms with Gasteiger partial charge in [0.2, 0.25) is 0 Å². The van der Waals surface area contributed by atoms with Crippen LogP contribution >= 0.6 is 0 Å². The Labute approximate surface area is 153 Å². The molecule has 0 unspecified atom stereocenters. The van der Waals surface area contributed by atoms with Gasteiger partial charge in [-0.15, -0.1) is 0 Å². The number of rotatable bonds is 7. The molecule has 0 spiro atoms. The smallest absolute Gasteiger partial charge is 0.407 e. The summed E-state index contributed by atoms with van der Waals surface area (Å²) in [6.45, 7) is 3.99. The lowest BCUT2D eigenvalue weighted by atomic mass is 9.93. The van der Waals surface area contributed by atoms with Crippen LogP contribution in [0, 0.1) is 0 Å². The molecule has 6 heteroatoms. The van der Waals surface area contributed by atoms with Crippen molar-refractivity contribution >= 4 is 12.2 Å². The van der Waals surface area contributed by atoms with E-state index in [0.29, 0.717) is 0 Å². The summed E-state index contributed by atoms with van der Waals surface area (Å²) in [5.74, 6) is 0. The van der Waals surface area contributed by atoms with Gasteiger partial charge in [0.15, 0.2) is 0 Å². The van der Waals surface area contributed by atoms with Crippen molar-refractivity contribution in [1.29, 1.82) is 0 Å². The minimum Gasteiger partial charge on any atom is -0.450 e. The van der Waals surface area contributed by atoms with Crippen LogP contribution in [0.3, 0.4) is 0 Å². The Balaban J connectivity index is 2.39. The molecule has 0 saturated heterocycles. The van der Waals surface area contributed by atoms with Gasteiger partial charge in [0.05, 0.1) is 25.3 Å². The number of nitrogens with one attached hydrogen (secondary N) is 2. The zero-order chi connectivity index (χ0) is 18.8. The number of hydrogen-bond acceptors (Lipinski definition) is 4. The Morgan fingerprint density at radius 3 is 1.38 bits per heavy atom. The summed E-state index contributed by atoms with van der Waals surface area (Å²) >= 11 is 0. The van der Waals surface area contributed by atoms with Crippen molar-refractivity contribution in [3.8, 4) is 0 Å². The molecule has 2 N–H and O–H groups in total. The highest BCUT2D eigenvalue weighted by Crippen LogP contribution is 2.29. The van der Waals surface area contributed by atoms with Gasteiger partial charge in [-0.05, 0) is 25.0 Å². The summed E-state index contributed by atoms with van der Waals surface area (Å²) in [5.41, 5.74) is 1.68. The highest BCUT2D eigenvalue weighted by molar-refractivity contribution is 5.70. The Morgan fingerprint density at radius 2 is 1.08 bits per heavy atom. The third kappa shape index (κ3) is 5.51. The second kappa shape index (κ2) is 10.1. The molecule has 26 heavy (non-hydrogen) atoms. The minimum atomic E-state index is -0.548. The van der Waals surface area contributed by atoms with Crippen LogP contribution < -0.4 is 10.6 Å². The fourth-order valence-electron chi connectivity index (χ4n) is 2.64. The summed E-state index contributed by atoms with van der Waals surface area (Å²) in [7, 11) is 0. The van der Waals surface area contributed by atoms with Gasteiger partial charge in [0, 0.05) is 0 Å². The van der Waals surface area contributed by atoms with E-state index in [9.17, 15) is 9.59 Å². The van der Waals surface area contributed by atoms with Crippen molar-refractivity contribution in [2.45, 2.75) is 25.9 Å². The van der Waals surface area contributed by atoms with Crippen molar-refractivity contribution in [2.24, 2.45) is 0 Å². The van der Waals surface area contributed by atoms with Gasteiger partial charge >= 0.3 is 12.2 Å². The maximum Gasteiger partial charge on any atom is 0.407 e. The average Bonchev–Trinajstić information content (AvgIpc) is 2.66. The van der Waals surface area contributed by atoms with Gasteiger partial charge in [0.1, 0.15) is 0 Å². The molecule has 0 heterocycles. The number of amides is 2. The lowest BCUT2D eigenvalue weighted by molar-refractivity contribution is 0.135. The topological polar surface area (TPSA) is 76.7 Å². The van der Waals surface area contributed by atoms with E-state index >= 15 is 0 Å². The molecule has 2 rings (SSSR count). The first-order valence-electron chi connectivity index (χ1n) is 8.62. The van der Waals surface area contributed by atoms with Crippen molar-refractivity contribution in [3.63, 3.8) is 0 Å². The first-order valence-corrected chi connectivity index (χ1v) is 8.62. The van der Waals surface area contributed by atoms with E-state index in [1.807, 2.05) is 60.7 Å². The number of ether oxygens (including phenoxy) is 2. The number of carbonyl (C=O) groups excluding carboxylic acids is 2. The molecule has 6 nitrogen and oxygen atoms in total. The van der Waals surface area contributed by atoms with Gasteiger partial charge in [0.25, 0.3) is 0 Å². The van der Waals surface area contributed by atoms with Crippen LogP contribution in [0.1, 0.15) is 37.1 Å². The quantitative estimate of drug-likeness (QED) is 0.787. The number of hydrogen-bond donors (Lipinski definition) is 2. The molecule has 2 amide bonds. The van der Waals surface area contributed by atoms with Crippen LogP contribution in [0.4, 0.5) is 9.59 Å². The standard InChI is InChI=1S/C20H24N2O4/c1-3-25-19(23)21-17(15-11-7-5-8-12-15)18(22-20(24)26-4-2)16-13-9-6-10-14-16/h5-14,17-18H,3-4H2,1-2H3,(H,21,23)(H,22,24)/t17-,18-/m0/s1. The summed E-state index contributed by atoms with van der Waals surface area (Å²) in [6.07, 6.45) is -1.10. The van der Waals surface area contributed by atoms with Crippen LogP contribution in [0.5, 0.6) is 0 Å². The molecular formula is C20H24N2O4. The molecule has 0 aliphatic carbocycles. The minimum absolute atomic E-state index is 0.259. The molecule has 2 atom stereocenters. The molecule has 0 fully saturated rings. The molecule has 0 aliphatic heterocycles. The van der Waals surface area contributed by atoms with Crippen molar-refractivity contribution in [2.75, 3.05) is 13.2 Å². The van der Waals surface area contributed by atoms with Crippen molar-refractivity contribution < 1.29 is 19.1 Å². The first-order chi connectivity index (χ1) is 12.7. The van der Waals surface area contributed by atoms with Gasteiger partial charge in [-0.3, -0.25) is 0 Å². The fourth-order valence-corrected chi connectivity index (χ4v) is 2.64. The largest absolute Gasteiger partial charge is 0.450 e. The number of benzene rings is 2. The Kier molecular flexibility index (Phi) is 7.49. The summed E-state index contributed by atoms with van der Waals surface area (Å²) in [6, 6.07) is 17.8. The zero-order valence-electron chi connectivity index (χ0n) is 15.0. The third-order valence-electron chi connectivity index (χ3n) is 3.75. The molecule has 0 bridgehead atoms. The van der Waals surface area contributed by atoms with E-state index in [1.54, 1.807) is 13.8 Å². The van der Waals surface area contributed by atoms with Gasteiger partial charge in [-0.25, -0.2) is 9.59 Å². The molecule has 0 aromatic heterocycles. The van der Waals surface area contributed by atoms with E-state index in [0.717, 1.165) is 11.1 Å². The second-order valence-corrected chi connectivity index (χ2v) is 5.51. The normalized spacial score (nSPS) is 12.5. The highest BCUT2D eigenvalue weighted by Gasteiger charge is 2.28. The highest BCUT2D eigenvalue weighted by atomic mass is 16.6. The Bertz CT molecular complexity index is 630. The van der Waals surface area contributed by atoms with Gasteiger partial charge in [-0.1, -0.05) is 60.7 Å². The molecule has 0 saturated carbocycles. The lowest BCUT2D eigenvalue weighted by Gasteiger charge is -2.29. The third-order valence-corrected chi connectivity index (χ3v) is 3.75. The number of carbonyl (C=O) groups is 2. The summed E-state index contributed by atoms with van der Waals surface area (Å²) in [4.78, 5) is 24.2. The molecule has 138 valence electrons.